The Kier molecular flexibility index (Phi) is 18.1. The molecule has 20 heteroatoms. The average Bonchev–Trinajstić information content (AvgIpc) is 3.89. The second-order valence-electron chi connectivity index (χ2n) is 13.4. The molecule has 0 radical (unpaired) electrons. The summed E-state index contributed by atoms with van der Waals surface area (Å²) in [7, 11) is 1.56. The molecule has 0 atom stereocenters. The Labute approximate surface area is 361 Å². The molecule has 0 bridgehead atoms. The lowest BCUT2D eigenvalue weighted by Gasteiger charge is -2.17. The van der Waals surface area contributed by atoms with Crippen LogP contribution in [0, 0.1) is 20.2 Å². The van der Waals surface area contributed by atoms with Crippen LogP contribution < -0.4 is 14.2 Å². The summed E-state index contributed by atoms with van der Waals surface area (Å²) in [4.78, 5) is 56.2. The first-order valence-electron chi connectivity index (χ1n) is 19.7. The van der Waals surface area contributed by atoms with Crippen molar-refractivity contribution in [3.63, 3.8) is 0 Å². The van der Waals surface area contributed by atoms with Gasteiger partial charge in [-0.05, 0) is 48.9 Å². The first-order chi connectivity index (χ1) is 30.1. The zero-order chi connectivity index (χ0) is 44.3. The van der Waals surface area contributed by atoms with Gasteiger partial charge in [0.05, 0.1) is 57.6 Å². The summed E-state index contributed by atoms with van der Waals surface area (Å²) in [5.74, 6) is 0.395. The van der Waals surface area contributed by atoms with Gasteiger partial charge in [-0.3, -0.25) is 4.68 Å². The second-order valence-corrected chi connectivity index (χ2v) is 13.9. The SMILES string of the molecule is CCCCn1ncc(/C=C(\Cc2cc3c(cc2OC)CCO3)C(=O)OCCOCCO[N+](=O)[O-])c1-c1ccc(Cl)cc1OCc1ccccc1C(=O)OCCOCCO[N+](=O)[O-]. The Bertz CT molecular complexity index is 2190. The van der Waals surface area contributed by atoms with Crippen molar-refractivity contribution in [3.8, 4) is 28.5 Å². The van der Waals surface area contributed by atoms with Gasteiger partial charge in [0.15, 0.2) is 0 Å². The van der Waals surface area contributed by atoms with Crippen LogP contribution >= 0.6 is 11.6 Å². The summed E-state index contributed by atoms with van der Waals surface area (Å²) >= 11 is 6.54. The van der Waals surface area contributed by atoms with E-state index in [0.29, 0.717) is 63.4 Å². The maximum atomic E-state index is 13.9. The Hall–Kier alpha value is -6.44. The summed E-state index contributed by atoms with van der Waals surface area (Å²) < 4.78 is 41.4. The fourth-order valence-corrected chi connectivity index (χ4v) is 6.50. The van der Waals surface area contributed by atoms with Gasteiger partial charge in [-0.25, -0.2) is 9.59 Å². The molecule has 0 N–H and O–H groups in total. The number of aryl methyl sites for hydroxylation is 1. The number of hydrogen-bond donors (Lipinski definition) is 0. The van der Waals surface area contributed by atoms with Crippen molar-refractivity contribution in [3.05, 3.63) is 119 Å². The summed E-state index contributed by atoms with van der Waals surface area (Å²) in [6.45, 7) is 2.18. The first-order valence-corrected chi connectivity index (χ1v) is 20.1. The molecule has 4 aromatic rings. The van der Waals surface area contributed by atoms with E-state index in [1.807, 2.05) is 16.8 Å². The van der Waals surface area contributed by atoms with Gasteiger partial charge < -0.3 is 42.8 Å². The highest BCUT2D eigenvalue weighted by atomic mass is 35.5. The zero-order valence-electron chi connectivity index (χ0n) is 34.2. The number of methoxy groups -OCH3 is 1. The van der Waals surface area contributed by atoms with Crippen molar-refractivity contribution in [2.75, 3.05) is 66.6 Å². The van der Waals surface area contributed by atoms with Crippen LogP contribution in [-0.2, 0) is 59.4 Å². The molecule has 0 unspecified atom stereocenters. The third-order valence-electron chi connectivity index (χ3n) is 9.25. The van der Waals surface area contributed by atoms with E-state index in [2.05, 4.69) is 16.6 Å². The minimum absolute atomic E-state index is 0.00656. The minimum Gasteiger partial charge on any atom is -0.496 e. The lowest BCUT2D eigenvalue weighted by atomic mass is 9.98. The number of carbonyl (C=O) groups excluding carboxylic acids is 2. The van der Waals surface area contributed by atoms with Crippen molar-refractivity contribution in [1.29, 1.82) is 0 Å². The normalized spacial score (nSPS) is 12.0. The standard InChI is InChI=1S/C42H47ClN4O15/c1-3-4-12-45-40(36-10-9-34(43)26-39(36)60-28-30-7-5-6-8-35(30)42(49)59-19-15-56-17-21-62-47(52)53)33(27-44-45)23-32(41(48)58-18-14-55-16-20-61-46(50)51)22-31-25-38-29(11-13-57-38)24-37(31)54-2/h5-10,23-27H,3-4,11-22,28H2,1-2H3/b32-23+. The molecule has 62 heavy (non-hydrogen) atoms. The van der Waals surface area contributed by atoms with Crippen molar-refractivity contribution in [2.45, 2.75) is 45.8 Å². The number of esters is 2. The highest BCUT2D eigenvalue weighted by molar-refractivity contribution is 6.30. The van der Waals surface area contributed by atoms with E-state index < -0.39 is 22.1 Å². The summed E-state index contributed by atoms with van der Waals surface area (Å²) in [6.07, 6.45) is 5.85. The number of unbranched alkanes of at least 4 members (excludes halogenated alkanes) is 1. The molecular weight excluding hydrogens is 836 g/mol. The maximum Gasteiger partial charge on any atom is 0.338 e. The molecule has 1 aliphatic rings. The number of benzene rings is 3. The van der Waals surface area contributed by atoms with E-state index in [1.165, 1.54) is 0 Å². The predicted octanol–water partition coefficient (Wildman–Crippen LogP) is 6.30. The molecule has 0 fully saturated rings. The van der Waals surface area contributed by atoms with E-state index in [4.69, 9.17) is 49.9 Å². The minimum atomic E-state index is -0.918. The fourth-order valence-electron chi connectivity index (χ4n) is 6.34. The number of halogens is 1. The van der Waals surface area contributed by atoms with Crippen molar-refractivity contribution in [1.82, 2.24) is 9.78 Å². The number of ether oxygens (including phenoxy) is 7. The topological polar surface area (TPSA) is 221 Å². The van der Waals surface area contributed by atoms with Crippen LogP contribution in [-0.4, -0.2) is 98.5 Å². The molecule has 1 aliphatic heterocycles. The number of carbonyl (C=O) groups is 2. The largest absolute Gasteiger partial charge is 0.496 e. The highest BCUT2D eigenvalue weighted by Gasteiger charge is 2.23. The van der Waals surface area contributed by atoms with Gasteiger partial charge in [-0.1, -0.05) is 43.1 Å². The maximum absolute atomic E-state index is 13.9. The van der Waals surface area contributed by atoms with Crippen LogP contribution in [0.4, 0.5) is 0 Å². The number of nitrogens with zero attached hydrogens (tertiary/aromatic N) is 4. The van der Waals surface area contributed by atoms with Crippen LogP contribution in [0.15, 0.2) is 66.4 Å². The van der Waals surface area contributed by atoms with Gasteiger partial charge in [0.25, 0.3) is 10.2 Å². The van der Waals surface area contributed by atoms with E-state index in [9.17, 15) is 29.8 Å². The molecule has 1 aromatic heterocycles. The molecular formula is C42H47ClN4O15. The molecule has 0 saturated heterocycles. The molecule has 0 spiro atoms. The van der Waals surface area contributed by atoms with Gasteiger partial charge in [0, 0.05) is 57.8 Å². The Morgan fingerprint density at radius 2 is 1.60 bits per heavy atom. The molecule has 3 aromatic carbocycles. The zero-order valence-corrected chi connectivity index (χ0v) is 35.0. The summed E-state index contributed by atoms with van der Waals surface area (Å²) in [5, 5.41) is 24.0. The molecule has 19 nitrogen and oxygen atoms in total. The monoisotopic (exact) mass is 882 g/mol. The third kappa shape index (κ3) is 13.8. The van der Waals surface area contributed by atoms with Crippen molar-refractivity contribution < 1.29 is 62.6 Å². The van der Waals surface area contributed by atoms with Crippen LogP contribution in [0.2, 0.25) is 5.02 Å². The van der Waals surface area contributed by atoms with Gasteiger partial charge in [0.2, 0.25) is 0 Å². The van der Waals surface area contributed by atoms with Gasteiger partial charge >= 0.3 is 11.9 Å². The van der Waals surface area contributed by atoms with Gasteiger partial charge in [-0.15, -0.1) is 20.2 Å². The lowest BCUT2D eigenvalue weighted by Crippen LogP contribution is -2.16. The van der Waals surface area contributed by atoms with Crippen LogP contribution in [0.1, 0.15) is 52.4 Å². The van der Waals surface area contributed by atoms with Gasteiger partial charge in [-0.2, -0.15) is 5.10 Å². The summed E-state index contributed by atoms with van der Waals surface area (Å²) in [6, 6.07) is 15.7. The van der Waals surface area contributed by atoms with E-state index in [1.54, 1.807) is 61.8 Å². The molecule has 2 heterocycles. The quantitative estimate of drug-likeness (QED) is 0.0211. The Balaban J connectivity index is 1.43. The van der Waals surface area contributed by atoms with Crippen molar-refractivity contribution >= 4 is 29.6 Å². The number of hydrogen-bond acceptors (Lipinski definition) is 16. The van der Waals surface area contributed by atoms with E-state index >= 15 is 0 Å². The number of fused-ring (bicyclic) bond motifs is 1. The molecule has 0 saturated carbocycles. The number of aromatic nitrogens is 2. The smallest absolute Gasteiger partial charge is 0.338 e. The van der Waals surface area contributed by atoms with Crippen molar-refractivity contribution in [2.24, 2.45) is 0 Å². The van der Waals surface area contributed by atoms with Crippen LogP contribution in [0.3, 0.4) is 0 Å². The fraction of sp³-hybridized carbons (Fsp3) is 0.405. The Morgan fingerprint density at radius 3 is 2.31 bits per heavy atom. The predicted molar refractivity (Wildman–Crippen MR) is 221 cm³/mol. The van der Waals surface area contributed by atoms with E-state index in [-0.39, 0.29) is 77.0 Å². The summed E-state index contributed by atoms with van der Waals surface area (Å²) in [5.41, 5.74) is 4.53. The number of rotatable bonds is 27. The highest BCUT2D eigenvalue weighted by Crippen LogP contribution is 2.38. The molecule has 332 valence electrons. The first kappa shape index (κ1) is 46.6. The van der Waals surface area contributed by atoms with Crippen LogP contribution in [0.5, 0.6) is 17.2 Å². The average molecular weight is 883 g/mol. The molecule has 5 rings (SSSR count). The molecule has 0 aliphatic carbocycles. The van der Waals surface area contributed by atoms with Crippen LogP contribution in [0.25, 0.3) is 17.3 Å². The van der Waals surface area contributed by atoms with Gasteiger partial charge in [0.1, 0.15) is 50.3 Å². The third-order valence-corrected chi connectivity index (χ3v) is 9.48. The second kappa shape index (κ2) is 24.1. The lowest BCUT2D eigenvalue weighted by molar-refractivity contribution is -0.758. The van der Waals surface area contributed by atoms with E-state index in [0.717, 1.165) is 24.8 Å². The Morgan fingerprint density at radius 1 is 0.887 bits per heavy atom. The molecule has 0 amide bonds.